The molecule has 0 spiro atoms. The van der Waals surface area contributed by atoms with E-state index < -0.39 is 28.5 Å². The van der Waals surface area contributed by atoms with E-state index in [0.717, 1.165) is 51.8 Å². The van der Waals surface area contributed by atoms with Crippen LogP contribution < -0.4 is 9.62 Å². The average molecular weight is 599 g/mol. The molecule has 10 heteroatoms. The van der Waals surface area contributed by atoms with Crippen molar-refractivity contribution in [2.45, 2.75) is 64.6 Å². The number of hydrogen-bond acceptors (Lipinski definition) is 4. The summed E-state index contributed by atoms with van der Waals surface area (Å²) >= 11 is 9.65. The van der Waals surface area contributed by atoms with Gasteiger partial charge < -0.3 is 10.2 Å². The van der Waals surface area contributed by atoms with Crippen LogP contribution in [0.1, 0.15) is 50.2 Å². The molecule has 1 fully saturated rings. The zero-order chi connectivity index (χ0) is 26.5. The van der Waals surface area contributed by atoms with Crippen LogP contribution in [0.25, 0.3) is 0 Å². The molecule has 1 aliphatic rings. The molecule has 7 nitrogen and oxygen atoms in total. The van der Waals surface area contributed by atoms with Gasteiger partial charge in [0.15, 0.2) is 0 Å². The highest BCUT2D eigenvalue weighted by Gasteiger charge is 2.31. The van der Waals surface area contributed by atoms with E-state index in [1.54, 1.807) is 19.1 Å². The molecule has 0 bridgehead atoms. The van der Waals surface area contributed by atoms with Gasteiger partial charge in [0.25, 0.3) is 0 Å². The number of carbonyl (C=O) groups excluding carboxylic acids is 2. The number of benzene rings is 2. The fourth-order valence-corrected chi connectivity index (χ4v) is 5.57. The third kappa shape index (κ3) is 7.70. The van der Waals surface area contributed by atoms with Gasteiger partial charge in [0, 0.05) is 22.1 Å². The van der Waals surface area contributed by atoms with Crippen LogP contribution >= 0.6 is 27.5 Å². The van der Waals surface area contributed by atoms with Gasteiger partial charge in [-0.05, 0) is 62.1 Å². The molecular formula is C26H33BrClN3O4S. The van der Waals surface area contributed by atoms with Crippen LogP contribution in [-0.4, -0.2) is 50.0 Å². The van der Waals surface area contributed by atoms with Crippen LogP contribution in [0.3, 0.4) is 0 Å². The summed E-state index contributed by atoms with van der Waals surface area (Å²) in [5.41, 5.74) is 1.92. The van der Waals surface area contributed by atoms with Gasteiger partial charge in [0.2, 0.25) is 21.8 Å². The molecule has 0 unspecified atom stereocenters. The summed E-state index contributed by atoms with van der Waals surface area (Å²) in [7, 11) is -3.80. The van der Waals surface area contributed by atoms with Crippen LogP contribution in [0, 0.1) is 6.92 Å². The van der Waals surface area contributed by atoms with Gasteiger partial charge >= 0.3 is 0 Å². The Morgan fingerprint density at radius 2 is 1.75 bits per heavy atom. The third-order valence-electron chi connectivity index (χ3n) is 6.51. The maximum absolute atomic E-state index is 13.6. The molecule has 2 aromatic carbocycles. The zero-order valence-electron chi connectivity index (χ0n) is 20.8. The lowest BCUT2D eigenvalue weighted by Crippen LogP contribution is -2.52. The van der Waals surface area contributed by atoms with E-state index in [4.69, 9.17) is 11.6 Å². The lowest BCUT2D eigenvalue weighted by atomic mass is 9.95. The topological polar surface area (TPSA) is 86.8 Å². The van der Waals surface area contributed by atoms with Crippen molar-refractivity contribution in [3.63, 3.8) is 0 Å². The van der Waals surface area contributed by atoms with Crippen LogP contribution in [0.2, 0.25) is 5.02 Å². The number of halogens is 2. The van der Waals surface area contributed by atoms with Gasteiger partial charge in [0.05, 0.1) is 11.9 Å². The second kappa shape index (κ2) is 12.4. The summed E-state index contributed by atoms with van der Waals surface area (Å²) in [6.45, 7) is 3.21. The number of sulfonamides is 1. The predicted octanol–water partition coefficient (Wildman–Crippen LogP) is 5.04. The minimum atomic E-state index is -3.80. The van der Waals surface area contributed by atoms with Crippen LogP contribution in [0.5, 0.6) is 0 Å². The number of carbonyl (C=O) groups is 2. The van der Waals surface area contributed by atoms with Gasteiger partial charge in [0.1, 0.15) is 12.6 Å². The second-order valence-corrected chi connectivity index (χ2v) is 12.6. The Kier molecular flexibility index (Phi) is 9.83. The van der Waals surface area contributed by atoms with E-state index in [0.29, 0.717) is 10.7 Å². The first kappa shape index (κ1) is 28.5. The molecule has 0 heterocycles. The lowest BCUT2D eigenvalue weighted by Gasteiger charge is -2.33. The van der Waals surface area contributed by atoms with Crippen molar-refractivity contribution >= 4 is 55.1 Å². The number of nitrogens with one attached hydrogen (secondary N) is 1. The van der Waals surface area contributed by atoms with Crippen molar-refractivity contribution in [1.82, 2.24) is 10.2 Å². The average Bonchev–Trinajstić information content (AvgIpc) is 2.83. The summed E-state index contributed by atoms with van der Waals surface area (Å²) < 4.78 is 27.3. The van der Waals surface area contributed by atoms with Crippen molar-refractivity contribution in [2.24, 2.45) is 0 Å². The largest absolute Gasteiger partial charge is 0.352 e. The first-order chi connectivity index (χ1) is 17.0. The normalized spacial score (nSPS) is 15.2. The highest BCUT2D eigenvalue weighted by atomic mass is 79.9. The van der Waals surface area contributed by atoms with E-state index in [1.807, 2.05) is 31.2 Å². The molecule has 2 amide bonds. The fourth-order valence-electron chi connectivity index (χ4n) is 4.29. The first-order valence-corrected chi connectivity index (χ1v) is 15.1. The van der Waals surface area contributed by atoms with Crippen molar-refractivity contribution in [1.29, 1.82) is 0 Å². The Labute approximate surface area is 227 Å². The molecule has 1 saturated carbocycles. The van der Waals surface area contributed by atoms with Gasteiger partial charge in [-0.2, -0.15) is 0 Å². The maximum atomic E-state index is 13.6. The smallest absolute Gasteiger partial charge is 0.244 e. The minimum Gasteiger partial charge on any atom is -0.352 e. The SMILES string of the molecule is Cc1ccc(N(CC(=O)N(Cc2ccc(Br)cc2)[C@H](C)C(=O)NC2CCCCC2)S(C)(=O)=O)cc1Cl. The minimum absolute atomic E-state index is 0.0977. The van der Waals surface area contributed by atoms with Crippen molar-refractivity contribution in [3.8, 4) is 0 Å². The molecule has 3 rings (SSSR count). The molecule has 1 aliphatic carbocycles. The van der Waals surface area contributed by atoms with Crippen LogP contribution in [0.4, 0.5) is 5.69 Å². The Balaban J connectivity index is 1.87. The Morgan fingerprint density at radius 3 is 2.33 bits per heavy atom. The third-order valence-corrected chi connectivity index (χ3v) is 8.58. The van der Waals surface area contributed by atoms with Crippen molar-refractivity contribution in [2.75, 3.05) is 17.1 Å². The molecule has 0 radical (unpaired) electrons. The van der Waals surface area contributed by atoms with Gasteiger partial charge in [-0.3, -0.25) is 13.9 Å². The van der Waals surface area contributed by atoms with Gasteiger partial charge in [-0.15, -0.1) is 0 Å². The summed E-state index contributed by atoms with van der Waals surface area (Å²) in [4.78, 5) is 28.2. The molecule has 196 valence electrons. The number of anilines is 1. The Bertz CT molecular complexity index is 1180. The summed E-state index contributed by atoms with van der Waals surface area (Å²) in [6, 6.07) is 11.6. The number of amides is 2. The maximum Gasteiger partial charge on any atom is 0.244 e. The van der Waals surface area contributed by atoms with Crippen LogP contribution in [0.15, 0.2) is 46.9 Å². The monoisotopic (exact) mass is 597 g/mol. The highest BCUT2D eigenvalue weighted by molar-refractivity contribution is 9.10. The number of hydrogen-bond donors (Lipinski definition) is 1. The fraction of sp³-hybridized carbons (Fsp3) is 0.462. The van der Waals surface area contributed by atoms with Gasteiger partial charge in [-0.25, -0.2) is 8.42 Å². The van der Waals surface area contributed by atoms with Crippen molar-refractivity contribution in [3.05, 3.63) is 63.1 Å². The predicted molar refractivity (Wildman–Crippen MR) is 148 cm³/mol. The van der Waals surface area contributed by atoms with E-state index in [9.17, 15) is 18.0 Å². The Hall–Kier alpha value is -2.10. The number of rotatable bonds is 9. The van der Waals surface area contributed by atoms with E-state index in [2.05, 4.69) is 21.2 Å². The first-order valence-electron chi connectivity index (χ1n) is 12.0. The molecule has 0 saturated heterocycles. The molecule has 36 heavy (non-hydrogen) atoms. The van der Waals surface area contributed by atoms with Gasteiger partial charge in [-0.1, -0.05) is 65.0 Å². The molecular weight excluding hydrogens is 566 g/mol. The Morgan fingerprint density at radius 1 is 1.11 bits per heavy atom. The summed E-state index contributed by atoms with van der Waals surface area (Å²) in [5.74, 6) is -0.719. The van der Waals surface area contributed by atoms with Crippen LogP contribution in [-0.2, 0) is 26.2 Å². The molecule has 1 atom stereocenters. The lowest BCUT2D eigenvalue weighted by molar-refractivity contribution is -0.139. The van der Waals surface area contributed by atoms with E-state index in [1.165, 1.54) is 17.4 Å². The van der Waals surface area contributed by atoms with E-state index >= 15 is 0 Å². The molecule has 1 N–H and O–H groups in total. The second-order valence-electron chi connectivity index (χ2n) is 9.37. The molecule has 0 aromatic heterocycles. The number of aryl methyl sites for hydroxylation is 1. The summed E-state index contributed by atoms with van der Waals surface area (Å²) in [5, 5.41) is 3.49. The highest BCUT2D eigenvalue weighted by Crippen LogP contribution is 2.25. The van der Waals surface area contributed by atoms with Crippen molar-refractivity contribution < 1.29 is 18.0 Å². The molecule has 0 aliphatic heterocycles. The standard InChI is InChI=1S/C26H33BrClN3O4S/c1-18-9-14-23(15-24(18)28)31(36(3,34)35)17-25(32)30(16-20-10-12-21(27)13-11-20)19(2)26(33)29-22-7-5-4-6-8-22/h9-15,19,22H,4-8,16-17H2,1-3H3,(H,29,33)/t19-/m1/s1. The number of nitrogens with zero attached hydrogens (tertiary/aromatic N) is 2. The molecule has 2 aromatic rings. The van der Waals surface area contributed by atoms with E-state index in [-0.39, 0.29) is 18.5 Å². The summed E-state index contributed by atoms with van der Waals surface area (Å²) in [6.07, 6.45) is 6.21. The quantitative estimate of drug-likeness (QED) is 0.438. The zero-order valence-corrected chi connectivity index (χ0v) is 24.0.